The topological polar surface area (TPSA) is 24.9 Å². The highest BCUT2D eigenvalue weighted by Gasteiger charge is 2.09. The number of hydrogen-bond acceptors (Lipinski definition) is 2. The summed E-state index contributed by atoms with van der Waals surface area (Å²) in [7, 11) is 0. The van der Waals surface area contributed by atoms with Crippen molar-refractivity contribution in [3.63, 3.8) is 0 Å². The van der Waals surface area contributed by atoms with Gasteiger partial charge in [-0.3, -0.25) is 4.98 Å². The molecule has 0 saturated carbocycles. The van der Waals surface area contributed by atoms with Crippen molar-refractivity contribution in [1.29, 1.82) is 0 Å². The molecule has 19 heavy (non-hydrogen) atoms. The van der Waals surface area contributed by atoms with Gasteiger partial charge in [0.15, 0.2) is 0 Å². The second kappa shape index (κ2) is 6.05. The standard InChI is InChI=1S/C17H24N2/c1-5-12(2)10-13(3)19-17-11-14(4)18-16-9-7-6-8-15(16)17/h6-9,11-13H,5,10H2,1-4H3,(H,18,19). The van der Waals surface area contributed by atoms with E-state index in [0.29, 0.717) is 6.04 Å². The summed E-state index contributed by atoms with van der Waals surface area (Å²) in [6.45, 7) is 8.88. The molecule has 2 aromatic rings. The Morgan fingerprint density at radius 1 is 1.21 bits per heavy atom. The minimum Gasteiger partial charge on any atom is -0.382 e. The number of rotatable bonds is 5. The van der Waals surface area contributed by atoms with Crippen molar-refractivity contribution in [3.8, 4) is 0 Å². The van der Waals surface area contributed by atoms with Crippen LogP contribution in [0.4, 0.5) is 5.69 Å². The number of aromatic nitrogens is 1. The van der Waals surface area contributed by atoms with Gasteiger partial charge in [0.2, 0.25) is 0 Å². The number of anilines is 1. The quantitative estimate of drug-likeness (QED) is 0.832. The Bertz CT molecular complexity index is 548. The molecule has 1 heterocycles. The van der Waals surface area contributed by atoms with Crippen molar-refractivity contribution in [2.45, 2.75) is 46.6 Å². The van der Waals surface area contributed by atoms with Crippen molar-refractivity contribution >= 4 is 16.6 Å². The van der Waals surface area contributed by atoms with E-state index in [1.54, 1.807) is 0 Å². The molecular weight excluding hydrogens is 232 g/mol. The first-order valence-electron chi connectivity index (χ1n) is 7.23. The summed E-state index contributed by atoms with van der Waals surface area (Å²) in [5.74, 6) is 0.761. The maximum Gasteiger partial charge on any atom is 0.0725 e. The van der Waals surface area contributed by atoms with Crippen LogP contribution in [0.5, 0.6) is 0 Å². The van der Waals surface area contributed by atoms with Crippen LogP contribution < -0.4 is 5.32 Å². The number of pyridine rings is 1. The minimum absolute atomic E-state index is 0.486. The molecule has 1 N–H and O–H groups in total. The van der Waals surface area contributed by atoms with Crippen LogP contribution in [-0.2, 0) is 0 Å². The molecule has 0 bridgehead atoms. The summed E-state index contributed by atoms with van der Waals surface area (Å²) in [6, 6.07) is 11.0. The molecule has 0 saturated heterocycles. The van der Waals surface area contributed by atoms with Gasteiger partial charge in [-0.2, -0.15) is 0 Å². The number of aryl methyl sites for hydroxylation is 1. The molecule has 0 amide bonds. The fourth-order valence-corrected chi connectivity index (χ4v) is 2.52. The molecule has 0 spiro atoms. The molecule has 0 radical (unpaired) electrons. The van der Waals surface area contributed by atoms with Crippen LogP contribution in [0.25, 0.3) is 10.9 Å². The van der Waals surface area contributed by atoms with Crippen molar-refractivity contribution < 1.29 is 0 Å². The summed E-state index contributed by atoms with van der Waals surface area (Å²) in [4.78, 5) is 4.58. The van der Waals surface area contributed by atoms with Crippen molar-refractivity contribution in [3.05, 3.63) is 36.0 Å². The molecule has 2 heteroatoms. The van der Waals surface area contributed by atoms with Crippen LogP contribution in [0.2, 0.25) is 0 Å². The Balaban J connectivity index is 2.24. The number of benzene rings is 1. The third kappa shape index (κ3) is 3.46. The monoisotopic (exact) mass is 256 g/mol. The van der Waals surface area contributed by atoms with Crippen LogP contribution in [0.3, 0.4) is 0 Å². The fourth-order valence-electron chi connectivity index (χ4n) is 2.52. The van der Waals surface area contributed by atoms with Gasteiger partial charge in [0.25, 0.3) is 0 Å². The molecular formula is C17H24N2. The highest BCUT2D eigenvalue weighted by Crippen LogP contribution is 2.24. The van der Waals surface area contributed by atoms with Crippen LogP contribution in [-0.4, -0.2) is 11.0 Å². The molecule has 2 unspecified atom stereocenters. The zero-order valence-corrected chi connectivity index (χ0v) is 12.4. The Morgan fingerprint density at radius 3 is 2.68 bits per heavy atom. The first-order chi connectivity index (χ1) is 9.10. The SMILES string of the molecule is CCC(C)CC(C)Nc1cc(C)nc2ccccc12. The van der Waals surface area contributed by atoms with Crippen LogP contribution in [0, 0.1) is 12.8 Å². The minimum atomic E-state index is 0.486. The molecule has 2 nitrogen and oxygen atoms in total. The Hall–Kier alpha value is -1.57. The predicted molar refractivity (Wildman–Crippen MR) is 83.6 cm³/mol. The Morgan fingerprint density at radius 2 is 1.95 bits per heavy atom. The first-order valence-corrected chi connectivity index (χ1v) is 7.23. The molecule has 1 aromatic carbocycles. The number of nitrogens with one attached hydrogen (secondary N) is 1. The lowest BCUT2D eigenvalue weighted by molar-refractivity contribution is 0.484. The van der Waals surface area contributed by atoms with Crippen molar-refractivity contribution in [1.82, 2.24) is 4.98 Å². The van der Waals surface area contributed by atoms with Gasteiger partial charge in [0.1, 0.15) is 0 Å². The molecule has 2 atom stereocenters. The van der Waals surface area contributed by atoms with Gasteiger partial charge >= 0.3 is 0 Å². The normalized spacial score (nSPS) is 14.3. The van der Waals surface area contributed by atoms with E-state index >= 15 is 0 Å². The second-order valence-electron chi connectivity index (χ2n) is 5.62. The molecule has 0 aliphatic carbocycles. The Labute approximate surface area is 116 Å². The van der Waals surface area contributed by atoms with E-state index in [2.05, 4.69) is 62.3 Å². The average Bonchev–Trinajstić information content (AvgIpc) is 2.38. The lowest BCUT2D eigenvalue weighted by Crippen LogP contribution is -2.18. The molecule has 102 valence electrons. The maximum absolute atomic E-state index is 4.58. The summed E-state index contributed by atoms with van der Waals surface area (Å²) in [5, 5.41) is 4.86. The van der Waals surface area contributed by atoms with Crippen LogP contribution >= 0.6 is 0 Å². The molecule has 0 aliphatic rings. The van der Waals surface area contributed by atoms with E-state index < -0.39 is 0 Å². The highest BCUT2D eigenvalue weighted by molar-refractivity contribution is 5.91. The van der Waals surface area contributed by atoms with E-state index in [1.165, 1.54) is 23.9 Å². The lowest BCUT2D eigenvalue weighted by atomic mass is 10.00. The predicted octanol–water partition coefficient (Wildman–Crippen LogP) is 4.78. The zero-order chi connectivity index (χ0) is 13.8. The van der Waals surface area contributed by atoms with Gasteiger partial charge in [-0.05, 0) is 38.3 Å². The number of para-hydroxylation sites is 1. The third-order valence-electron chi connectivity index (χ3n) is 3.70. The summed E-state index contributed by atoms with van der Waals surface area (Å²) < 4.78 is 0. The smallest absolute Gasteiger partial charge is 0.0725 e. The van der Waals surface area contributed by atoms with Gasteiger partial charge in [0, 0.05) is 22.8 Å². The third-order valence-corrected chi connectivity index (χ3v) is 3.70. The highest BCUT2D eigenvalue weighted by atomic mass is 14.9. The number of hydrogen-bond donors (Lipinski definition) is 1. The summed E-state index contributed by atoms with van der Waals surface area (Å²) >= 11 is 0. The first kappa shape index (κ1) is 13.9. The molecule has 0 aliphatic heterocycles. The van der Waals surface area contributed by atoms with Gasteiger partial charge in [0.05, 0.1) is 5.52 Å². The van der Waals surface area contributed by atoms with E-state index in [-0.39, 0.29) is 0 Å². The average molecular weight is 256 g/mol. The number of nitrogens with zero attached hydrogens (tertiary/aromatic N) is 1. The van der Waals surface area contributed by atoms with E-state index in [0.717, 1.165) is 17.1 Å². The van der Waals surface area contributed by atoms with E-state index in [1.807, 2.05) is 6.07 Å². The summed E-state index contributed by atoms with van der Waals surface area (Å²) in [6.07, 6.45) is 2.44. The molecule has 2 rings (SSSR count). The number of fused-ring (bicyclic) bond motifs is 1. The van der Waals surface area contributed by atoms with E-state index in [4.69, 9.17) is 0 Å². The van der Waals surface area contributed by atoms with Crippen LogP contribution in [0.1, 0.15) is 39.3 Å². The fraction of sp³-hybridized carbons (Fsp3) is 0.471. The summed E-state index contributed by atoms with van der Waals surface area (Å²) in [5.41, 5.74) is 3.34. The molecule has 1 aromatic heterocycles. The zero-order valence-electron chi connectivity index (χ0n) is 12.4. The van der Waals surface area contributed by atoms with Gasteiger partial charge in [-0.25, -0.2) is 0 Å². The van der Waals surface area contributed by atoms with Gasteiger partial charge in [-0.15, -0.1) is 0 Å². The van der Waals surface area contributed by atoms with Crippen molar-refractivity contribution in [2.75, 3.05) is 5.32 Å². The largest absolute Gasteiger partial charge is 0.382 e. The Kier molecular flexibility index (Phi) is 4.41. The molecule has 0 fully saturated rings. The van der Waals surface area contributed by atoms with Crippen molar-refractivity contribution in [2.24, 2.45) is 5.92 Å². The maximum atomic E-state index is 4.58. The lowest BCUT2D eigenvalue weighted by Gasteiger charge is -2.20. The second-order valence-corrected chi connectivity index (χ2v) is 5.62. The van der Waals surface area contributed by atoms with Gasteiger partial charge < -0.3 is 5.32 Å². The van der Waals surface area contributed by atoms with Gasteiger partial charge in [-0.1, -0.05) is 38.5 Å². The van der Waals surface area contributed by atoms with E-state index in [9.17, 15) is 0 Å². The van der Waals surface area contributed by atoms with Crippen LogP contribution in [0.15, 0.2) is 30.3 Å².